The van der Waals surface area contributed by atoms with E-state index < -0.39 is 6.09 Å². The highest BCUT2D eigenvalue weighted by atomic mass is 35.5. The molecule has 3 nitrogen and oxygen atoms in total. The van der Waals surface area contributed by atoms with E-state index in [4.69, 9.17) is 16.3 Å². The third-order valence-electron chi connectivity index (χ3n) is 2.60. The van der Waals surface area contributed by atoms with Gasteiger partial charge in [0.05, 0.1) is 0 Å². The molecule has 2 atom stereocenters. The van der Waals surface area contributed by atoms with Crippen molar-refractivity contribution in [1.82, 2.24) is 5.32 Å². The second kappa shape index (κ2) is 5.75. The summed E-state index contributed by atoms with van der Waals surface area (Å²) in [4.78, 5) is 11.1. The van der Waals surface area contributed by atoms with Crippen molar-refractivity contribution in [3.63, 3.8) is 0 Å². The van der Waals surface area contributed by atoms with Gasteiger partial charge in [-0.3, -0.25) is 0 Å². The summed E-state index contributed by atoms with van der Waals surface area (Å²) in [5, 5.41) is 3.12. The lowest BCUT2D eigenvalue weighted by molar-refractivity contribution is 0.0965. The van der Waals surface area contributed by atoms with Gasteiger partial charge in [-0.25, -0.2) is 4.79 Å². The highest BCUT2D eigenvalue weighted by Gasteiger charge is 2.19. The molecule has 1 amide bonds. The lowest BCUT2D eigenvalue weighted by Crippen LogP contribution is -2.27. The molecule has 1 aromatic rings. The number of carbonyl (C=O) groups is 1. The quantitative estimate of drug-likeness (QED) is 0.883. The van der Waals surface area contributed by atoms with Crippen molar-refractivity contribution in [3.8, 4) is 0 Å². The van der Waals surface area contributed by atoms with E-state index in [0.29, 0.717) is 5.02 Å². The number of amides is 1. The summed E-state index contributed by atoms with van der Waals surface area (Å²) < 4.78 is 5.16. The van der Waals surface area contributed by atoms with Crippen LogP contribution < -0.4 is 5.32 Å². The van der Waals surface area contributed by atoms with Gasteiger partial charge in [0.1, 0.15) is 6.10 Å². The van der Waals surface area contributed by atoms with Crippen molar-refractivity contribution >= 4 is 17.7 Å². The smallest absolute Gasteiger partial charge is 0.407 e. The molecule has 88 valence electrons. The summed E-state index contributed by atoms with van der Waals surface area (Å²) in [7, 11) is 1.54. The predicted molar refractivity (Wildman–Crippen MR) is 64.9 cm³/mol. The minimum absolute atomic E-state index is 0.0611. The number of hydrogen-bond acceptors (Lipinski definition) is 2. The predicted octanol–water partition coefficient (Wildman–Crippen LogP) is 3.19. The normalized spacial score (nSPS) is 14.0. The summed E-state index contributed by atoms with van der Waals surface area (Å²) in [6.07, 6.45) is -0.647. The second-order valence-electron chi connectivity index (χ2n) is 3.67. The summed E-state index contributed by atoms with van der Waals surface area (Å²) in [5.74, 6) is 0.0611. The highest BCUT2D eigenvalue weighted by Crippen LogP contribution is 2.27. The number of nitrogens with one attached hydrogen (secondary N) is 1. The number of carbonyl (C=O) groups excluding carboxylic acids is 1. The molecule has 0 bridgehead atoms. The third kappa shape index (κ3) is 3.14. The summed E-state index contributed by atoms with van der Waals surface area (Å²) >= 11 is 6.08. The molecule has 0 aromatic heterocycles. The van der Waals surface area contributed by atoms with Gasteiger partial charge < -0.3 is 10.1 Å². The molecule has 0 radical (unpaired) electrons. The molecule has 0 saturated heterocycles. The summed E-state index contributed by atoms with van der Waals surface area (Å²) in [6.45, 7) is 3.83. The van der Waals surface area contributed by atoms with Crippen LogP contribution in [0.2, 0.25) is 5.02 Å². The molecule has 0 aliphatic rings. The van der Waals surface area contributed by atoms with Crippen molar-refractivity contribution in [1.29, 1.82) is 0 Å². The van der Waals surface area contributed by atoms with E-state index in [-0.39, 0.29) is 12.0 Å². The lowest BCUT2D eigenvalue weighted by atomic mass is 9.96. The first kappa shape index (κ1) is 12.8. The van der Waals surface area contributed by atoms with Crippen molar-refractivity contribution in [3.05, 3.63) is 34.9 Å². The van der Waals surface area contributed by atoms with Crippen LogP contribution in [-0.2, 0) is 4.74 Å². The molecular formula is C12H16ClNO2. The van der Waals surface area contributed by atoms with Crippen molar-refractivity contribution < 1.29 is 9.53 Å². The van der Waals surface area contributed by atoms with Crippen molar-refractivity contribution in [2.75, 3.05) is 7.05 Å². The molecule has 0 saturated carbocycles. The zero-order valence-corrected chi connectivity index (χ0v) is 10.4. The summed E-state index contributed by atoms with van der Waals surface area (Å²) in [5.41, 5.74) is 0.987. The molecule has 1 aromatic carbocycles. The second-order valence-corrected chi connectivity index (χ2v) is 4.08. The zero-order chi connectivity index (χ0) is 12.1. The number of alkyl carbamates (subject to hydrolysis) is 1. The molecule has 0 spiro atoms. The number of halogens is 1. The van der Waals surface area contributed by atoms with Crippen molar-refractivity contribution in [2.45, 2.75) is 25.9 Å². The average molecular weight is 242 g/mol. The molecule has 0 fully saturated rings. The van der Waals surface area contributed by atoms with Crippen LogP contribution in [0.1, 0.15) is 25.3 Å². The Balaban J connectivity index is 2.74. The summed E-state index contributed by atoms with van der Waals surface area (Å²) in [6, 6.07) is 7.57. The molecule has 4 heteroatoms. The molecule has 0 aliphatic carbocycles. The molecular weight excluding hydrogens is 226 g/mol. The minimum Gasteiger partial charge on any atom is -0.446 e. The first-order valence-electron chi connectivity index (χ1n) is 5.19. The SMILES string of the molecule is CNC(=O)O[C@@H](C)[C@@H](C)c1ccccc1Cl. The van der Waals surface area contributed by atoms with E-state index in [0.717, 1.165) is 5.56 Å². The molecule has 0 aliphatic heterocycles. The van der Waals surface area contributed by atoms with E-state index in [1.165, 1.54) is 7.05 Å². The Kier molecular flexibility index (Phi) is 4.62. The van der Waals surface area contributed by atoms with Gasteiger partial charge in [-0.1, -0.05) is 36.7 Å². The third-order valence-corrected chi connectivity index (χ3v) is 2.94. The van der Waals surface area contributed by atoms with E-state index in [1.54, 1.807) is 0 Å². The first-order valence-corrected chi connectivity index (χ1v) is 5.56. The van der Waals surface area contributed by atoms with Crippen LogP contribution in [0.3, 0.4) is 0 Å². The standard InChI is InChI=1S/C12H16ClNO2/c1-8(9(2)16-12(15)14-3)10-6-4-5-7-11(10)13/h4-9H,1-3H3,(H,14,15)/t8-,9+/m1/s1. The Bertz CT molecular complexity index is 368. The van der Waals surface area contributed by atoms with Crippen molar-refractivity contribution in [2.24, 2.45) is 0 Å². The van der Waals surface area contributed by atoms with Gasteiger partial charge in [0.2, 0.25) is 0 Å². The fraction of sp³-hybridized carbons (Fsp3) is 0.417. The molecule has 0 unspecified atom stereocenters. The van der Waals surface area contributed by atoms with Gasteiger partial charge in [-0.15, -0.1) is 0 Å². The molecule has 1 rings (SSSR count). The average Bonchev–Trinajstić information content (AvgIpc) is 2.28. The van der Waals surface area contributed by atoms with Gasteiger partial charge in [-0.05, 0) is 18.6 Å². The van der Waals surface area contributed by atoms with E-state index in [1.807, 2.05) is 38.1 Å². The fourth-order valence-corrected chi connectivity index (χ4v) is 1.73. The van der Waals surface area contributed by atoms with E-state index in [2.05, 4.69) is 5.32 Å². The van der Waals surface area contributed by atoms with E-state index in [9.17, 15) is 4.79 Å². The van der Waals surface area contributed by atoms with Gasteiger partial charge in [0.15, 0.2) is 0 Å². The van der Waals surface area contributed by atoms with Crippen LogP contribution in [0.15, 0.2) is 24.3 Å². The van der Waals surface area contributed by atoms with Crippen LogP contribution in [0.25, 0.3) is 0 Å². The molecule has 1 N–H and O–H groups in total. The Labute approximate surface area is 101 Å². The monoisotopic (exact) mass is 241 g/mol. The number of ether oxygens (including phenoxy) is 1. The number of hydrogen-bond donors (Lipinski definition) is 1. The van der Waals surface area contributed by atoms with Gasteiger partial charge in [-0.2, -0.15) is 0 Å². The largest absolute Gasteiger partial charge is 0.446 e. The Morgan fingerprint density at radius 2 is 2.00 bits per heavy atom. The van der Waals surface area contributed by atoms with Crippen LogP contribution in [0.5, 0.6) is 0 Å². The van der Waals surface area contributed by atoms with Gasteiger partial charge in [0.25, 0.3) is 0 Å². The maximum absolute atomic E-state index is 11.1. The topological polar surface area (TPSA) is 38.3 Å². The van der Waals surface area contributed by atoms with Crippen LogP contribution >= 0.6 is 11.6 Å². The first-order chi connectivity index (χ1) is 7.56. The minimum atomic E-state index is -0.425. The maximum atomic E-state index is 11.1. The Hall–Kier alpha value is -1.22. The van der Waals surface area contributed by atoms with Crippen LogP contribution in [0.4, 0.5) is 4.79 Å². The maximum Gasteiger partial charge on any atom is 0.407 e. The van der Waals surface area contributed by atoms with Crippen LogP contribution in [0, 0.1) is 0 Å². The fourth-order valence-electron chi connectivity index (χ4n) is 1.43. The number of rotatable bonds is 3. The Morgan fingerprint density at radius 3 is 2.56 bits per heavy atom. The number of benzene rings is 1. The lowest BCUT2D eigenvalue weighted by Gasteiger charge is -2.21. The van der Waals surface area contributed by atoms with Gasteiger partial charge >= 0.3 is 6.09 Å². The van der Waals surface area contributed by atoms with E-state index >= 15 is 0 Å². The Morgan fingerprint density at radius 1 is 1.38 bits per heavy atom. The highest BCUT2D eigenvalue weighted by molar-refractivity contribution is 6.31. The molecule has 16 heavy (non-hydrogen) atoms. The molecule has 0 heterocycles. The van der Waals surface area contributed by atoms with Gasteiger partial charge in [0, 0.05) is 18.0 Å². The van der Waals surface area contributed by atoms with Crippen LogP contribution in [-0.4, -0.2) is 19.2 Å². The zero-order valence-electron chi connectivity index (χ0n) is 9.66.